The number of esters is 1. The Morgan fingerprint density at radius 1 is 1.03 bits per heavy atom. The number of carbonyl (C=O) groups is 1. The van der Waals surface area contributed by atoms with Gasteiger partial charge in [0.1, 0.15) is 12.4 Å². The average Bonchev–Trinajstić information content (AvgIpc) is 3.19. The molecular formula is C25H19FN2O6. The van der Waals surface area contributed by atoms with Gasteiger partial charge in [0.25, 0.3) is 5.69 Å². The molecule has 0 fully saturated rings. The largest absolute Gasteiger partial charge is 0.490 e. The molecule has 0 N–H and O–H groups in total. The molecule has 34 heavy (non-hydrogen) atoms. The molecule has 172 valence electrons. The van der Waals surface area contributed by atoms with Crippen LogP contribution in [0.5, 0.6) is 11.5 Å². The number of non-ortho nitro benzene ring substituents is 1. The second kappa shape index (κ2) is 9.95. The van der Waals surface area contributed by atoms with E-state index in [0.717, 1.165) is 5.56 Å². The van der Waals surface area contributed by atoms with Crippen LogP contribution in [0.2, 0.25) is 0 Å². The normalized spacial score (nSPS) is 14.0. The minimum atomic E-state index is -0.615. The van der Waals surface area contributed by atoms with Gasteiger partial charge in [0.2, 0.25) is 5.90 Å². The van der Waals surface area contributed by atoms with Crippen molar-refractivity contribution in [1.29, 1.82) is 0 Å². The second-order valence-electron chi connectivity index (χ2n) is 7.19. The molecule has 0 unspecified atom stereocenters. The first-order valence-electron chi connectivity index (χ1n) is 10.3. The number of rotatable bonds is 8. The summed E-state index contributed by atoms with van der Waals surface area (Å²) in [6, 6.07) is 16.7. The highest BCUT2D eigenvalue weighted by atomic mass is 19.1. The van der Waals surface area contributed by atoms with E-state index in [9.17, 15) is 19.3 Å². The van der Waals surface area contributed by atoms with Gasteiger partial charge in [0.05, 0.1) is 11.5 Å². The van der Waals surface area contributed by atoms with Gasteiger partial charge in [-0.25, -0.2) is 14.2 Å². The number of nitro groups is 1. The lowest BCUT2D eigenvalue weighted by atomic mass is 10.1. The lowest BCUT2D eigenvalue weighted by molar-refractivity contribution is -0.384. The lowest BCUT2D eigenvalue weighted by Crippen LogP contribution is -2.05. The molecule has 1 aliphatic rings. The van der Waals surface area contributed by atoms with Crippen LogP contribution in [0.4, 0.5) is 10.1 Å². The van der Waals surface area contributed by atoms with Gasteiger partial charge in [-0.05, 0) is 72.7 Å². The summed E-state index contributed by atoms with van der Waals surface area (Å²) in [4.78, 5) is 26.8. The lowest BCUT2D eigenvalue weighted by Gasteiger charge is -2.13. The van der Waals surface area contributed by atoms with E-state index in [2.05, 4.69) is 4.99 Å². The van der Waals surface area contributed by atoms with Gasteiger partial charge in [0.15, 0.2) is 17.2 Å². The number of nitro benzene ring substituents is 1. The van der Waals surface area contributed by atoms with Crippen LogP contribution in [0, 0.1) is 15.9 Å². The Morgan fingerprint density at radius 3 is 2.44 bits per heavy atom. The maximum atomic E-state index is 13.1. The number of cyclic esters (lactones) is 1. The Bertz CT molecular complexity index is 1280. The van der Waals surface area contributed by atoms with Crippen LogP contribution >= 0.6 is 0 Å². The number of ether oxygens (including phenoxy) is 3. The molecule has 0 aliphatic carbocycles. The fourth-order valence-corrected chi connectivity index (χ4v) is 3.16. The molecule has 0 spiro atoms. The molecule has 8 nitrogen and oxygen atoms in total. The predicted octanol–water partition coefficient (Wildman–Crippen LogP) is 5.06. The fraction of sp³-hybridized carbons (Fsp3) is 0.120. The van der Waals surface area contributed by atoms with Crippen molar-refractivity contribution in [3.8, 4) is 11.5 Å². The third-order valence-electron chi connectivity index (χ3n) is 4.82. The monoisotopic (exact) mass is 462 g/mol. The highest BCUT2D eigenvalue weighted by Crippen LogP contribution is 2.31. The van der Waals surface area contributed by atoms with Gasteiger partial charge in [-0.15, -0.1) is 0 Å². The molecule has 3 aromatic rings. The zero-order valence-corrected chi connectivity index (χ0v) is 18.1. The van der Waals surface area contributed by atoms with E-state index in [1.165, 1.54) is 36.4 Å². The van der Waals surface area contributed by atoms with E-state index < -0.39 is 16.7 Å². The smallest absolute Gasteiger partial charge is 0.363 e. The molecule has 0 saturated carbocycles. The topological polar surface area (TPSA) is 100 Å². The summed E-state index contributed by atoms with van der Waals surface area (Å²) in [7, 11) is 0. The molecule has 9 heteroatoms. The molecule has 4 rings (SSSR count). The summed E-state index contributed by atoms with van der Waals surface area (Å²) >= 11 is 0. The van der Waals surface area contributed by atoms with E-state index in [1.807, 2.05) is 6.92 Å². The number of aliphatic imine (C=N–C) groups is 1. The molecule has 0 amide bonds. The fourth-order valence-electron chi connectivity index (χ4n) is 3.16. The summed E-state index contributed by atoms with van der Waals surface area (Å²) < 4.78 is 29.9. The van der Waals surface area contributed by atoms with Gasteiger partial charge in [-0.2, -0.15) is 0 Å². The number of hydrogen-bond donors (Lipinski definition) is 0. The molecule has 0 atom stereocenters. The van der Waals surface area contributed by atoms with Crippen LogP contribution in [0.25, 0.3) is 6.08 Å². The Balaban J connectivity index is 1.52. The second-order valence-corrected chi connectivity index (χ2v) is 7.19. The Labute approximate surface area is 194 Å². The SMILES string of the molecule is CCOc1cc(C=C2N=C(c3ccc(F)cc3)OC2=O)ccc1OCc1ccc([N+](=O)[O-])cc1. The van der Waals surface area contributed by atoms with E-state index >= 15 is 0 Å². The maximum absolute atomic E-state index is 13.1. The summed E-state index contributed by atoms with van der Waals surface area (Å²) in [5.41, 5.74) is 1.99. The molecule has 1 aliphatic heterocycles. The molecule has 3 aromatic carbocycles. The van der Waals surface area contributed by atoms with E-state index in [1.54, 1.807) is 36.4 Å². The van der Waals surface area contributed by atoms with Gasteiger partial charge in [0, 0.05) is 17.7 Å². The maximum Gasteiger partial charge on any atom is 0.363 e. The van der Waals surface area contributed by atoms with Crippen molar-refractivity contribution in [2.75, 3.05) is 6.61 Å². The average molecular weight is 462 g/mol. The third kappa shape index (κ3) is 5.26. The molecule has 0 saturated heterocycles. The van der Waals surface area contributed by atoms with Crippen LogP contribution in [-0.2, 0) is 16.1 Å². The highest BCUT2D eigenvalue weighted by Gasteiger charge is 2.24. The first-order valence-corrected chi connectivity index (χ1v) is 10.3. The van der Waals surface area contributed by atoms with Gasteiger partial charge >= 0.3 is 5.97 Å². The van der Waals surface area contributed by atoms with Crippen LogP contribution in [0.1, 0.15) is 23.6 Å². The van der Waals surface area contributed by atoms with E-state index in [0.29, 0.717) is 29.2 Å². The summed E-state index contributed by atoms with van der Waals surface area (Å²) in [6.07, 6.45) is 1.56. The molecular weight excluding hydrogens is 443 g/mol. The number of hydrogen-bond acceptors (Lipinski definition) is 7. The Hall–Kier alpha value is -4.53. The summed E-state index contributed by atoms with van der Waals surface area (Å²) in [6.45, 7) is 2.41. The van der Waals surface area contributed by atoms with Gasteiger partial charge in [-0.1, -0.05) is 6.07 Å². The van der Waals surface area contributed by atoms with E-state index in [4.69, 9.17) is 14.2 Å². The number of benzene rings is 3. The van der Waals surface area contributed by atoms with Crippen molar-refractivity contribution in [2.24, 2.45) is 4.99 Å². The molecule has 1 heterocycles. The molecule has 0 bridgehead atoms. The van der Waals surface area contributed by atoms with Gasteiger partial charge < -0.3 is 14.2 Å². The molecule has 0 radical (unpaired) electrons. The number of nitrogens with zero attached hydrogens (tertiary/aromatic N) is 2. The third-order valence-corrected chi connectivity index (χ3v) is 4.82. The van der Waals surface area contributed by atoms with Crippen molar-refractivity contribution < 1.29 is 28.3 Å². The number of carbonyl (C=O) groups excluding carboxylic acids is 1. The summed E-state index contributed by atoms with van der Waals surface area (Å²) in [5.74, 6) is 0.0311. The standard InChI is InChI=1S/C25H19FN2O6/c1-2-32-23-14-17(5-12-22(23)33-15-16-3-10-20(11-4-16)28(30)31)13-21-25(29)34-24(27-21)18-6-8-19(26)9-7-18/h3-14H,2,15H2,1H3. The van der Waals surface area contributed by atoms with E-state index in [-0.39, 0.29) is 23.9 Å². The van der Waals surface area contributed by atoms with Crippen molar-refractivity contribution >= 4 is 23.6 Å². The first kappa shape index (κ1) is 22.7. The van der Waals surface area contributed by atoms with Crippen molar-refractivity contribution in [2.45, 2.75) is 13.5 Å². The highest BCUT2D eigenvalue weighted by molar-refractivity contribution is 6.12. The minimum absolute atomic E-state index is 0.00632. The van der Waals surface area contributed by atoms with Crippen molar-refractivity contribution in [3.63, 3.8) is 0 Å². The first-order chi connectivity index (χ1) is 16.4. The summed E-state index contributed by atoms with van der Waals surface area (Å²) in [5, 5.41) is 10.8. The number of halogens is 1. The predicted molar refractivity (Wildman–Crippen MR) is 122 cm³/mol. The Morgan fingerprint density at radius 2 is 1.76 bits per heavy atom. The van der Waals surface area contributed by atoms with Crippen LogP contribution < -0.4 is 9.47 Å². The van der Waals surface area contributed by atoms with Crippen LogP contribution in [0.15, 0.2) is 77.4 Å². The zero-order valence-electron chi connectivity index (χ0n) is 18.1. The van der Waals surface area contributed by atoms with Crippen molar-refractivity contribution in [3.05, 3.63) is 105 Å². The van der Waals surface area contributed by atoms with Crippen LogP contribution in [0.3, 0.4) is 0 Å². The quantitative estimate of drug-likeness (QED) is 0.201. The zero-order chi connectivity index (χ0) is 24.1. The molecule has 0 aromatic heterocycles. The minimum Gasteiger partial charge on any atom is -0.490 e. The van der Waals surface area contributed by atoms with Crippen LogP contribution in [-0.4, -0.2) is 23.4 Å². The Kier molecular flexibility index (Phi) is 6.63. The van der Waals surface area contributed by atoms with Crippen molar-refractivity contribution in [1.82, 2.24) is 0 Å². The van der Waals surface area contributed by atoms with Gasteiger partial charge in [-0.3, -0.25) is 10.1 Å².